The zero-order valence-corrected chi connectivity index (χ0v) is 6.17. The smallest absolute Gasteiger partial charge is 0 e. The van der Waals surface area contributed by atoms with Crippen molar-refractivity contribution in [1.82, 2.24) is 0 Å². The van der Waals surface area contributed by atoms with E-state index in [1.807, 2.05) is 0 Å². The maximum atomic E-state index is 5.14. The van der Waals surface area contributed by atoms with Crippen molar-refractivity contribution in [3.05, 3.63) is 6.04 Å². The Bertz CT molecular complexity index is 26.1. The molecule has 1 aliphatic rings. The third-order valence-electron chi connectivity index (χ3n) is 0.539. The van der Waals surface area contributed by atoms with E-state index in [-0.39, 0.29) is 19.5 Å². The summed E-state index contributed by atoms with van der Waals surface area (Å²) >= 11 is 0. The largest absolute Gasteiger partial charge is 0.481 e. The Hall–Kier alpha value is 0.583. The quantitative estimate of drug-likeness (QED) is 0.361. The minimum atomic E-state index is 0. The minimum Gasteiger partial charge on any atom is -0.481 e. The summed E-state index contributed by atoms with van der Waals surface area (Å²) in [5.74, 6) is 0. The van der Waals surface area contributed by atoms with Gasteiger partial charge in [0.25, 0.3) is 0 Å². The summed E-state index contributed by atoms with van der Waals surface area (Å²) in [7, 11) is 0. The molecule has 2 heteroatoms. The summed E-state index contributed by atoms with van der Waals surface area (Å²) in [5, 5.41) is 0. The standard InChI is InChI=1S/C3H6N.Zn/c4-3-1-2-3;/h1-2,4H2;/q-1;. The van der Waals surface area contributed by atoms with Gasteiger partial charge in [0.1, 0.15) is 0 Å². The second kappa shape index (κ2) is 1.89. The number of rotatable bonds is 0. The first kappa shape index (κ1) is 5.58. The Balaban J connectivity index is 0.000000160. The van der Waals surface area contributed by atoms with Gasteiger partial charge in [-0.3, -0.25) is 6.04 Å². The summed E-state index contributed by atoms with van der Waals surface area (Å²) in [4.78, 5) is 0. The Morgan fingerprint density at radius 2 is 1.60 bits per heavy atom. The average Bonchev–Trinajstić information content (AvgIpc) is 1.75. The summed E-state index contributed by atoms with van der Waals surface area (Å²) in [6.45, 7) is 0. The van der Waals surface area contributed by atoms with Gasteiger partial charge in [0.15, 0.2) is 0 Å². The van der Waals surface area contributed by atoms with Gasteiger partial charge in [0.2, 0.25) is 0 Å². The summed E-state index contributed by atoms with van der Waals surface area (Å²) < 4.78 is 0. The fourth-order valence-electron chi connectivity index (χ4n) is 0.0722. The van der Waals surface area contributed by atoms with Crippen LogP contribution in [0.5, 0.6) is 0 Å². The predicted molar refractivity (Wildman–Crippen MR) is 16.7 cm³/mol. The molecule has 0 heterocycles. The van der Waals surface area contributed by atoms with E-state index in [0.29, 0.717) is 0 Å². The van der Waals surface area contributed by atoms with E-state index in [1.165, 1.54) is 18.9 Å². The number of nitrogens with two attached hydrogens (primary N) is 1. The molecule has 0 aromatic rings. The van der Waals surface area contributed by atoms with Gasteiger partial charge >= 0.3 is 0 Å². The molecule has 0 aliphatic heterocycles. The maximum Gasteiger partial charge on any atom is 0 e. The van der Waals surface area contributed by atoms with Crippen molar-refractivity contribution in [2.24, 2.45) is 5.73 Å². The monoisotopic (exact) mass is 120 g/mol. The molecule has 0 bridgehead atoms. The molecule has 0 saturated heterocycles. The molecule has 26 valence electrons. The average molecular weight is 121 g/mol. The van der Waals surface area contributed by atoms with Gasteiger partial charge in [-0.05, 0) is 0 Å². The molecule has 1 nitrogen and oxygen atoms in total. The minimum absolute atomic E-state index is 0. The zero-order valence-electron chi connectivity index (χ0n) is 3.20. The van der Waals surface area contributed by atoms with E-state index in [2.05, 4.69) is 0 Å². The van der Waals surface area contributed by atoms with Crippen LogP contribution in [0, 0.1) is 6.04 Å². The van der Waals surface area contributed by atoms with E-state index in [1.54, 1.807) is 0 Å². The van der Waals surface area contributed by atoms with Crippen molar-refractivity contribution in [2.75, 3.05) is 0 Å². The maximum absolute atomic E-state index is 5.14. The first-order valence-electron chi connectivity index (χ1n) is 1.50. The van der Waals surface area contributed by atoms with Crippen LogP contribution in [-0.4, -0.2) is 0 Å². The number of hydrogen-bond acceptors (Lipinski definition) is 1. The van der Waals surface area contributed by atoms with Gasteiger partial charge in [0.05, 0.1) is 0 Å². The molecule has 0 atom stereocenters. The van der Waals surface area contributed by atoms with Crippen LogP contribution in [0.2, 0.25) is 0 Å². The molecular weight excluding hydrogens is 115 g/mol. The topological polar surface area (TPSA) is 26.0 Å². The first-order valence-corrected chi connectivity index (χ1v) is 1.50. The van der Waals surface area contributed by atoms with E-state index >= 15 is 0 Å². The van der Waals surface area contributed by atoms with Crippen molar-refractivity contribution in [1.29, 1.82) is 0 Å². The van der Waals surface area contributed by atoms with Gasteiger partial charge in [0, 0.05) is 19.5 Å². The molecule has 0 unspecified atom stereocenters. The van der Waals surface area contributed by atoms with Gasteiger partial charge in [-0.2, -0.15) is 12.8 Å². The van der Waals surface area contributed by atoms with Crippen LogP contribution in [0.3, 0.4) is 0 Å². The molecule has 0 aromatic heterocycles. The fourth-order valence-corrected chi connectivity index (χ4v) is 0.0722. The SMILES string of the molecule is N[C-]1CC1.[Zn]. The van der Waals surface area contributed by atoms with E-state index in [4.69, 9.17) is 5.73 Å². The van der Waals surface area contributed by atoms with Crippen LogP contribution < -0.4 is 5.73 Å². The Morgan fingerprint density at radius 1 is 1.40 bits per heavy atom. The van der Waals surface area contributed by atoms with Crippen LogP contribution in [0.15, 0.2) is 0 Å². The molecular formula is C3H6NZn-. The third-order valence-corrected chi connectivity index (χ3v) is 0.539. The second-order valence-corrected chi connectivity index (χ2v) is 1.16. The van der Waals surface area contributed by atoms with Crippen LogP contribution in [0.25, 0.3) is 0 Å². The normalized spacial score (nSPS) is 21.0. The summed E-state index contributed by atoms with van der Waals surface area (Å²) in [6, 6.07) is 1.17. The molecule has 2 N–H and O–H groups in total. The van der Waals surface area contributed by atoms with Crippen LogP contribution in [0.4, 0.5) is 0 Å². The van der Waals surface area contributed by atoms with Gasteiger partial charge in [-0.15, -0.1) is 0 Å². The summed E-state index contributed by atoms with van der Waals surface area (Å²) in [6.07, 6.45) is 2.36. The van der Waals surface area contributed by atoms with E-state index < -0.39 is 0 Å². The molecule has 5 heavy (non-hydrogen) atoms. The van der Waals surface area contributed by atoms with Crippen LogP contribution in [-0.2, 0) is 19.5 Å². The Morgan fingerprint density at radius 3 is 1.60 bits per heavy atom. The van der Waals surface area contributed by atoms with Crippen LogP contribution in [0.1, 0.15) is 12.8 Å². The van der Waals surface area contributed by atoms with Crippen molar-refractivity contribution < 1.29 is 19.5 Å². The molecule has 1 rings (SSSR count). The molecule has 0 radical (unpaired) electrons. The van der Waals surface area contributed by atoms with Crippen molar-refractivity contribution >= 4 is 0 Å². The van der Waals surface area contributed by atoms with Crippen molar-refractivity contribution in [3.8, 4) is 0 Å². The van der Waals surface area contributed by atoms with Gasteiger partial charge < -0.3 is 5.73 Å². The molecule has 1 fully saturated rings. The fraction of sp³-hybridized carbons (Fsp3) is 0.667. The molecule has 1 aliphatic carbocycles. The van der Waals surface area contributed by atoms with Crippen molar-refractivity contribution in [3.63, 3.8) is 0 Å². The van der Waals surface area contributed by atoms with Crippen molar-refractivity contribution in [2.45, 2.75) is 12.8 Å². The Kier molecular flexibility index (Phi) is 2.11. The van der Waals surface area contributed by atoms with E-state index in [9.17, 15) is 0 Å². The molecule has 0 spiro atoms. The predicted octanol–water partition coefficient (Wildman–Crippen LogP) is 0.268. The first-order chi connectivity index (χ1) is 1.89. The van der Waals surface area contributed by atoms with Crippen LogP contribution >= 0.6 is 0 Å². The molecule has 0 amide bonds. The van der Waals surface area contributed by atoms with Gasteiger partial charge in [-0.25, -0.2) is 0 Å². The zero-order chi connectivity index (χ0) is 2.99. The van der Waals surface area contributed by atoms with Gasteiger partial charge in [-0.1, -0.05) is 0 Å². The second-order valence-electron chi connectivity index (χ2n) is 1.16. The summed E-state index contributed by atoms with van der Waals surface area (Å²) in [5.41, 5.74) is 5.14. The van der Waals surface area contributed by atoms with E-state index in [0.717, 1.165) is 0 Å². The molecule has 1 saturated carbocycles. The number of hydrogen-bond donors (Lipinski definition) is 1. The third kappa shape index (κ3) is 2.38. The Labute approximate surface area is 44.7 Å². The molecule has 0 aromatic carbocycles.